The lowest BCUT2D eigenvalue weighted by Gasteiger charge is -2.07. The van der Waals surface area contributed by atoms with Crippen LogP contribution in [-0.2, 0) is 24.2 Å². The Morgan fingerprint density at radius 1 is 1.29 bits per heavy atom. The Kier molecular flexibility index (Phi) is 4.32. The number of carbonyl (C=O) groups excluding carboxylic acids is 2. The number of sulfone groups is 1. The van der Waals surface area contributed by atoms with Gasteiger partial charge in [-0.2, -0.15) is 0 Å². The molecule has 1 fully saturated rings. The highest BCUT2D eigenvalue weighted by atomic mass is 32.2. The fourth-order valence-electron chi connectivity index (χ4n) is 1.88. The fourth-order valence-corrected chi connectivity index (χ4v) is 2.51. The molecule has 1 aromatic carbocycles. The van der Waals surface area contributed by atoms with Crippen LogP contribution in [0.2, 0.25) is 0 Å². The van der Waals surface area contributed by atoms with Gasteiger partial charge < -0.3 is 10.1 Å². The summed E-state index contributed by atoms with van der Waals surface area (Å²) in [6, 6.07) is 5.78. The number of nitrogens with one attached hydrogen (secondary N) is 1. The lowest BCUT2D eigenvalue weighted by Crippen LogP contribution is -2.21. The minimum Gasteiger partial charge on any atom is -0.455 e. The first-order valence-electron chi connectivity index (χ1n) is 6.54. The minimum atomic E-state index is -3.26. The average molecular weight is 311 g/mol. The van der Waals surface area contributed by atoms with E-state index in [1.165, 1.54) is 24.3 Å². The SMILES string of the molecule is C[C@H]1C[C@@H]1C(=O)OCC(=O)Nc1ccc(S(C)(=O)=O)cc1. The van der Waals surface area contributed by atoms with E-state index >= 15 is 0 Å². The van der Waals surface area contributed by atoms with Crippen molar-refractivity contribution < 1.29 is 22.7 Å². The Labute approximate surface area is 123 Å². The first-order valence-corrected chi connectivity index (χ1v) is 8.43. The van der Waals surface area contributed by atoms with E-state index in [0.717, 1.165) is 12.7 Å². The predicted octanol–water partition coefficient (Wildman–Crippen LogP) is 1.23. The van der Waals surface area contributed by atoms with Crippen molar-refractivity contribution >= 4 is 27.4 Å². The number of amides is 1. The second-order valence-electron chi connectivity index (χ2n) is 5.27. The summed E-state index contributed by atoms with van der Waals surface area (Å²) in [5, 5.41) is 2.54. The molecule has 0 radical (unpaired) electrons. The van der Waals surface area contributed by atoms with Crippen LogP contribution in [0.25, 0.3) is 0 Å². The number of esters is 1. The highest BCUT2D eigenvalue weighted by Gasteiger charge is 2.40. The van der Waals surface area contributed by atoms with Gasteiger partial charge in [0.2, 0.25) is 0 Å². The summed E-state index contributed by atoms with van der Waals surface area (Å²) in [7, 11) is -3.26. The van der Waals surface area contributed by atoms with Crippen LogP contribution < -0.4 is 5.32 Å². The topological polar surface area (TPSA) is 89.5 Å². The molecular formula is C14H17NO5S. The van der Waals surface area contributed by atoms with Crippen molar-refractivity contribution in [2.45, 2.75) is 18.2 Å². The Morgan fingerprint density at radius 3 is 2.33 bits per heavy atom. The molecule has 0 unspecified atom stereocenters. The third-order valence-corrected chi connectivity index (χ3v) is 4.45. The van der Waals surface area contributed by atoms with Crippen LogP contribution in [0.3, 0.4) is 0 Å². The van der Waals surface area contributed by atoms with Crippen LogP contribution in [0.5, 0.6) is 0 Å². The molecule has 2 rings (SSSR count). The first-order chi connectivity index (χ1) is 9.77. The summed E-state index contributed by atoms with van der Waals surface area (Å²) < 4.78 is 27.5. The van der Waals surface area contributed by atoms with Gasteiger partial charge in [0.15, 0.2) is 16.4 Å². The molecule has 114 valence electrons. The number of ether oxygens (including phenoxy) is 1. The van der Waals surface area contributed by atoms with E-state index in [1.807, 2.05) is 6.92 Å². The van der Waals surface area contributed by atoms with Gasteiger partial charge in [-0.3, -0.25) is 9.59 Å². The average Bonchev–Trinajstić information content (AvgIpc) is 3.13. The summed E-state index contributed by atoms with van der Waals surface area (Å²) in [6.07, 6.45) is 1.92. The van der Waals surface area contributed by atoms with E-state index in [1.54, 1.807) is 0 Å². The second-order valence-corrected chi connectivity index (χ2v) is 7.29. The van der Waals surface area contributed by atoms with Crippen molar-refractivity contribution in [3.63, 3.8) is 0 Å². The monoisotopic (exact) mass is 311 g/mol. The summed E-state index contributed by atoms with van der Waals surface area (Å²) >= 11 is 0. The van der Waals surface area contributed by atoms with E-state index in [2.05, 4.69) is 5.32 Å². The zero-order valence-electron chi connectivity index (χ0n) is 11.8. The molecule has 0 aliphatic heterocycles. The number of anilines is 1. The zero-order valence-corrected chi connectivity index (χ0v) is 12.6. The minimum absolute atomic E-state index is 0.0770. The summed E-state index contributed by atoms with van der Waals surface area (Å²) in [4.78, 5) is 23.3. The number of hydrogen-bond donors (Lipinski definition) is 1. The molecule has 2 atom stereocenters. The third-order valence-electron chi connectivity index (χ3n) is 3.32. The van der Waals surface area contributed by atoms with Crippen molar-refractivity contribution in [3.05, 3.63) is 24.3 Å². The molecular weight excluding hydrogens is 294 g/mol. The lowest BCUT2D eigenvalue weighted by molar-refractivity contribution is -0.148. The predicted molar refractivity (Wildman–Crippen MR) is 76.4 cm³/mol. The highest BCUT2D eigenvalue weighted by Crippen LogP contribution is 2.38. The fraction of sp³-hybridized carbons (Fsp3) is 0.429. The van der Waals surface area contributed by atoms with E-state index in [9.17, 15) is 18.0 Å². The molecule has 0 spiro atoms. The largest absolute Gasteiger partial charge is 0.455 e. The maximum absolute atomic E-state index is 11.6. The van der Waals surface area contributed by atoms with Gasteiger partial charge in [0.05, 0.1) is 10.8 Å². The van der Waals surface area contributed by atoms with Gasteiger partial charge in [-0.1, -0.05) is 6.92 Å². The smallest absolute Gasteiger partial charge is 0.309 e. The molecule has 6 nitrogen and oxygen atoms in total. The number of benzene rings is 1. The summed E-state index contributed by atoms with van der Waals surface area (Å²) in [6.45, 7) is 1.62. The van der Waals surface area contributed by atoms with Crippen LogP contribution in [0.15, 0.2) is 29.2 Å². The Bertz CT molecular complexity index is 650. The van der Waals surface area contributed by atoms with Gasteiger partial charge in [-0.05, 0) is 36.6 Å². The van der Waals surface area contributed by atoms with Gasteiger partial charge in [-0.25, -0.2) is 8.42 Å². The quantitative estimate of drug-likeness (QED) is 0.826. The molecule has 1 amide bonds. The number of carbonyl (C=O) groups is 2. The third kappa shape index (κ3) is 4.29. The van der Waals surface area contributed by atoms with Crippen molar-refractivity contribution in [3.8, 4) is 0 Å². The van der Waals surface area contributed by atoms with Gasteiger partial charge in [-0.15, -0.1) is 0 Å². The lowest BCUT2D eigenvalue weighted by atomic mass is 10.3. The Hall–Kier alpha value is -1.89. The number of rotatable bonds is 5. The zero-order chi connectivity index (χ0) is 15.6. The first kappa shape index (κ1) is 15.5. The van der Waals surface area contributed by atoms with Crippen LogP contribution in [-0.4, -0.2) is 33.2 Å². The Morgan fingerprint density at radius 2 is 1.86 bits per heavy atom. The Balaban J connectivity index is 1.84. The normalized spacial score (nSPS) is 20.7. The van der Waals surface area contributed by atoms with E-state index in [4.69, 9.17) is 4.74 Å². The van der Waals surface area contributed by atoms with Gasteiger partial charge in [0, 0.05) is 11.9 Å². The molecule has 21 heavy (non-hydrogen) atoms. The van der Waals surface area contributed by atoms with Crippen LogP contribution in [0.4, 0.5) is 5.69 Å². The molecule has 1 N–H and O–H groups in total. The van der Waals surface area contributed by atoms with Gasteiger partial charge in [0.25, 0.3) is 5.91 Å². The van der Waals surface area contributed by atoms with Crippen molar-refractivity contribution in [1.29, 1.82) is 0 Å². The summed E-state index contributed by atoms with van der Waals surface area (Å²) in [5.74, 6) is -0.537. The standard InChI is InChI=1S/C14H17NO5S/c1-9-7-12(9)14(17)20-8-13(16)15-10-3-5-11(6-4-10)21(2,18)19/h3-6,9,12H,7-8H2,1-2H3,(H,15,16)/t9-,12-/m0/s1. The van der Waals surface area contributed by atoms with Crippen LogP contribution in [0.1, 0.15) is 13.3 Å². The van der Waals surface area contributed by atoms with Crippen LogP contribution in [0, 0.1) is 11.8 Å². The van der Waals surface area contributed by atoms with E-state index < -0.39 is 15.7 Å². The van der Waals surface area contributed by atoms with Crippen molar-refractivity contribution in [2.75, 3.05) is 18.2 Å². The second kappa shape index (κ2) is 5.85. The van der Waals surface area contributed by atoms with Gasteiger partial charge >= 0.3 is 5.97 Å². The highest BCUT2D eigenvalue weighted by molar-refractivity contribution is 7.90. The molecule has 7 heteroatoms. The van der Waals surface area contributed by atoms with Crippen molar-refractivity contribution in [1.82, 2.24) is 0 Å². The van der Waals surface area contributed by atoms with E-state index in [0.29, 0.717) is 11.6 Å². The molecule has 0 aromatic heterocycles. The van der Waals surface area contributed by atoms with E-state index in [-0.39, 0.29) is 23.4 Å². The molecule has 0 saturated heterocycles. The summed E-state index contributed by atoms with van der Waals surface area (Å²) in [5.41, 5.74) is 0.447. The van der Waals surface area contributed by atoms with Crippen molar-refractivity contribution in [2.24, 2.45) is 11.8 Å². The number of hydrogen-bond acceptors (Lipinski definition) is 5. The molecule has 0 heterocycles. The molecule has 1 saturated carbocycles. The molecule has 1 aliphatic rings. The maximum Gasteiger partial charge on any atom is 0.309 e. The van der Waals surface area contributed by atoms with Gasteiger partial charge in [0.1, 0.15) is 0 Å². The molecule has 1 aliphatic carbocycles. The van der Waals surface area contributed by atoms with Crippen LogP contribution >= 0.6 is 0 Å². The maximum atomic E-state index is 11.6. The molecule has 0 bridgehead atoms. The molecule has 1 aromatic rings.